The molecule has 4 heteroatoms. The van der Waals surface area contributed by atoms with Gasteiger partial charge in [0.05, 0.1) is 0 Å². The van der Waals surface area contributed by atoms with Gasteiger partial charge in [-0.3, -0.25) is 4.79 Å². The molecule has 0 atom stereocenters. The van der Waals surface area contributed by atoms with E-state index in [4.69, 9.17) is 0 Å². The summed E-state index contributed by atoms with van der Waals surface area (Å²) in [5.41, 5.74) is 2.05. The summed E-state index contributed by atoms with van der Waals surface area (Å²) in [5, 5.41) is 6.36. The first-order valence-corrected chi connectivity index (χ1v) is 8.04. The molecule has 1 saturated heterocycles. The maximum Gasteiger partial charge on any atom is 0.221 e. The van der Waals surface area contributed by atoms with E-state index in [0.717, 1.165) is 24.3 Å². The number of likely N-dealkylation sites (tertiary alicyclic amines) is 1. The monoisotopic (exact) mass is 289 g/mol. The zero-order valence-corrected chi connectivity index (χ0v) is 13.0. The van der Waals surface area contributed by atoms with E-state index in [9.17, 15) is 4.79 Å². The number of anilines is 1. The van der Waals surface area contributed by atoms with Gasteiger partial charge in [-0.25, -0.2) is 0 Å². The normalized spacial score (nSPS) is 15.9. The molecule has 0 spiro atoms. The van der Waals surface area contributed by atoms with Crippen molar-refractivity contribution >= 4 is 11.6 Å². The van der Waals surface area contributed by atoms with Crippen LogP contribution in [0.4, 0.5) is 5.69 Å². The summed E-state index contributed by atoms with van der Waals surface area (Å²) >= 11 is 0. The van der Waals surface area contributed by atoms with Crippen LogP contribution >= 0.6 is 0 Å². The second-order valence-corrected chi connectivity index (χ2v) is 5.77. The Bertz CT molecular complexity index is 441. The lowest BCUT2D eigenvalue weighted by molar-refractivity contribution is -0.114. The molecule has 0 unspecified atom stereocenters. The SMILES string of the molecule is CC(=O)Nc1ccccc1CNCCCN1CCCCC1. The highest BCUT2D eigenvalue weighted by Gasteiger charge is 2.09. The zero-order chi connectivity index (χ0) is 14.9. The van der Waals surface area contributed by atoms with Crippen molar-refractivity contribution in [2.75, 3.05) is 31.5 Å². The molecule has 1 aromatic rings. The highest BCUT2D eigenvalue weighted by Crippen LogP contribution is 2.14. The first kappa shape index (κ1) is 16.0. The van der Waals surface area contributed by atoms with Crippen LogP contribution < -0.4 is 10.6 Å². The molecule has 116 valence electrons. The van der Waals surface area contributed by atoms with Crippen molar-refractivity contribution in [2.45, 2.75) is 39.2 Å². The predicted octanol–water partition coefficient (Wildman–Crippen LogP) is 2.61. The van der Waals surface area contributed by atoms with E-state index in [2.05, 4.69) is 21.6 Å². The van der Waals surface area contributed by atoms with Crippen LogP contribution in [-0.2, 0) is 11.3 Å². The standard InChI is InChI=1S/C17H27N3O/c1-15(21)19-17-9-4-3-8-16(17)14-18-10-7-13-20-11-5-2-6-12-20/h3-4,8-9,18H,2,5-7,10-14H2,1H3,(H,19,21). The molecule has 1 fully saturated rings. The highest BCUT2D eigenvalue weighted by atomic mass is 16.1. The highest BCUT2D eigenvalue weighted by molar-refractivity contribution is 5.89. The van der Waals surface area contributed by atoms with Gasteiger partial charge in [0.1, 0.15) is 0 Å². The number of para-hydroxylation sites is 1. The van der Waals surface area contributed by atoms with E-state index in [-0.39, 0.29) is 5.91 Å². The molecular weight excluding hydrogens is 262 g/mol. The van der Waals surface area contributed by atoms with Gasteiger partial charge >= 0.3 is 0 Å². The van der Waals surface area contributed by atoms with Gasteiger partial charge in [-0.2, -0.15) is 0 Å². The number of hydrogen-bond donors (Lipinski definition) is 2. The first-order chi connectivity index (χ1) is 10.3. The Morgan fingerprint density at radius 1 is 1.19 bits per heavy atom. The number of hydrogen-bond acceptors (Lipinski definition) is 3. The summed E-state index contributed by atoms with van der Waals surface area (Å²) in [5.74, 6) is -0.0208. The second kappa shape index (κ2) is 8.80. The van der Waals surface area contributed by atoms with Crippen molar-refractivity contribution in [3.05, 3.63) is 29.8 Å². The Kier molecular flexibility index (Phi) is 6.70. The summed E-state index contributed by atoms with van der Waals surface area (Å²) in [7, 11) is 0. The third-order valence-corrected chi connectivity index (χ3v) is 3.92. The average Bonchev–Trinajstić information content (AvgIpc) is 2.49. The van der Waals surface area contributed by atoms with Crippen molar-refractivity contribution < 1.29 is 4.79 Å². The maximum atomic E-state index is 11.2. The fourth-order valence-electron chi connectivity index (χ4n) is 2.82. The third kappa shape index (κ3) is 5.86. The van der Waals surface area contributed by atoms with Crippen LogP contribution in [0.2, 0.25) is 0 Å². The van der Waals surface area contributed by atoms with Crippen LogP contribution in [0.5, 0.6) is 0 Å². The number of carbonyl (C=O) groups is 1. The molecule has 1 amide bonds. The van der Waals surface area contributed by atoms with E-state index in [0.29, 0.717) is 0 Å². The number of nitrogens with one attached hydrogen (secondary N) is 2. The summed E-state index contributed by atoms with van der Waals surface area (Å²) < 4.78 is 0. The minimum Gasteiger partial charge on any atom is -0.326 e. The Labute approximate surface area is 127 Å². The molecule has 2 rings (SSSR count). The Hall–Kier alpha value is -1.39. The molecule has 0 aliphatic carbocycles. The summed E-state index contributed by atoms with van der Waals surface area (Å²) in [6.45, 7) is 7.10. The molecular formula is C17H27N3O. The van der Waals surface area contributed by atoms with E-state index in [1.54, 1.807) is 6.92 Å². The lowest BCUT2D eigenvalue weighted by Crippen LogP contribution is -2.32. The Balaban J connectivity index is 1.67. The second-order valence-electron chi connectivity index (χ2n) is 5.77. The molecule has 1 aliphatic rings. The van der Waals surface area contributed by atoms with Crippen LogP contribution in [-0.4, -0.2) is 37.0 Å². The molecule has 1 heterocycles. The lowest BCUT2D eigenvalue weighted by Gasteiger charge is -2.26. The van der Waals surface area contributed by atoms with Crippen molar-refractivity contribution in [2.24, 2.45) is 0 Å². The van der Waals surface area contributed by atoms with Gasteiger partial charge in [0, 0.05) is 19.2 Å². The predicted molar refractivity (Wildman–Crippen MR) is 87.4 cm³/mol. The number of nitrogens with zero attached hydrogens (tertiary/aromatic N) is 1. The Morgan fingerprint density at radius 3 is 2.71 bits per heavy atom. The van der Waals surface area contributed by atoms with Gasteiger partial charge in [0.2, 0.25) is 5.91 Å². The van der Waals surface area contributed by atoms with Gasteiger partial charge < -0.3 is 15.5 Å². The number of carbonyl (C=O) groups excluding carboxylic acids is 1. The molecule has 1 aromatic carbocycles. The van der Waals surface area contributed by atoms with Gasteiger partial charge in [0.15, 0.2) is 0 Å². The maximum absolute atomic E-state index is 11.2. The number of benzene rings is 1. The van der Waals surface area contributed by atoms with Crippen LogP contribution in [0.25, 0.3) is 0 Å². The van der Waals surface area contributed by atoms with Crippen molar-refractivity contribution in [1.82, 2.24) is 10.2 Å². The quantitative estimate of drug-likeness (QED) is 0.758. The topological polar surface area (TPSA) is 44.4 Å². The van der Waals surface area contributed by atoms with Gasteiger partial charge in [-0.1, -0.05) is 24.6 Å². The molecule has 21 heavy (non-hydrogen) atoms. The summed E-state index contributed by atoms with van der Waals surface area (Å²) in [6, 6.07) is 7.97. The minimum atomic E-state index is -0.0208. The molecule has 0 radical (unpaired) electrons. The van der Waals surface area contributed by atoms with E-state index < -0.39 is 0 Å². The van der Waals surface area contributed by atoms with Gasteiger partial charge in [-0.15, -0.1) is 0 Å². The number of rotatable bonds is 7. The van der Waals surface area contributed by atoms with Gasteiger partial charge in [-0.05, 0) is 57.1 Å². The molecule has 4 nitrogen and oxygen atoms in total. The zero-order valence-electron chi connectivity index (χ0n) is 13.0. The number of amides is 1. The van der Waals surface area contributed by atoms with Crippen molar-refractivity contribution in [1.29, 1.82) is 0 Å². The average molecular weight is 289 g/mol. The van der Waals surface area contributed by atoms with E-state index in [1.807, 2.05) is 18.2 Å². The fourth-order valence-corrected chi connectivity index (χ4v) is 2.82. The van der Waals surface area contributed by atoms with Crippen LogP contribution in [0.3, 0.4) is 0 Å². The van der Waals surface area contributed by atoms with E-state index >= 15 is 0 Å². The van der Waals surface area contributed by atoms with Crippen molar-refractivity contribution in [3.63, 3.8) is 0 Å². The first-order valence-electron chi connectivity index (χ1n) is 8.04. The largest absolute Gasteiger partial charge is 0.326 e. The van der Waals surface area contributed by atoms with E-state index in [1.165, 1.54) is 45.3 Å². The minimum absolute atomic E-state index is 0.0208. The van der Waals surface area contributed by atoms with Gasteiger partial charge in [0.25, 0.3) is 0 Å². The Morgan fingerprint density at radius 2 is 1.95 bits per heavy atom. The molecule has 2 N–H and O–H groups in total. The lowest BCUT2D eigenvalue weighted by atomic mass is 10.1. The molecule has 0 bridgehead atoms. The fraction of sp³-hybridized carbons (Fsp3) is 0.588. The molecule has 0 saturated carbocycles. The number of piperidine rings is 1. The molecule has 0 aromatic heterocycles. The summed E-state index contributed by atoms with van der Waals surface area (Å²) in [4.78, 5) is 13.7. The van der Waals surface area contributed by atoms with Crippen LogP contribution in [0.1, 0.15) is 38.2 Å². The summed E-state index contributed by atoms with van der Waals surface area (Å²) in [6.07, 6.45) is 5.30. The van der Waals surface area contributed by atoms with Crippen LogP contribution in [0.15, 0.2) is 24.3 Å². The third-order valence-electron chi connectivity index (χ3n) is 3.92. The van der Waals surface area contributed by atoms with Crippen molar-refractivity contribution in [3.8, 4) is 0 Å². The van der Waals surface area contributed by atoms with Crippen LogP contribution in [0, 0.1) is 0 Å². The smallest absolute Gasteiger partial charge is 0.221 e. The molecule has 1 aliphatic heterocycles.